The van der Waals surface area contributed by atoms with Gasteiger partial charge < -0.3 is 10.1 Å². The summed E-state index contributed by atoms with van der Waals surface area (Å²) in [5.74, 6) is 0.803. The zero-order valence-corrected chi connectivity index (χ0v) is 12.0. The van der Waals surface area contributed by atoms with Crippen molar-refractivity contribution in [1.29, 1.82) is 0 Å². The van der Waals surface area contributed by atoms with E-state index in [1.54, 1.807) is 0 Å². The van der Waals surface area contributed by atoms with Gasteiger partial charge in [-0.05, 0) is 38.1 Å². The highest BCUT2D eigenvalue weighted by Gasteiger charge is 2.23. The highest BCUT2D eigenvalue weighted by atomic mass is 16.5. The highest BCUT2D eigenvalue weighted by Crippen LogP contribution is 2.21. The zero-order valence-electron chi connectivity index (χ0n) is 12.0. The Labute approximate surface area is 108 Å². The average molecular weight is 241 g/mol. The van der Waals surface area contributed by atoms with Crippen LogP contribution in [0.3, 0.4) is 0 Å². The molecule has 1 aliphatic rings. The van der Waals surface area contributed by atoms with E-state index in [2.05, 4.69) is 26.1 Å². The molecule has 102 valence electrons. The minimum atomic E-state index is 0.463. The van der Waals surface area contributed by atoms with Gasteiger partial charge in [0.25, 0.3) is 0 Å². The molecule has 0 heterocycles. The lowest BCUT2D eigenvalue weighted by Crippen LogP contribution is -2.40. The van der Waals surface area contributed by atoms with Crippen LogP contribution in [0.15, 0.2) is 0 Å². The monoisotopic (exact) mass is 241 g/mol. The van der Waals surface area contributed by atoms with Gasteiger partial charge in [-0.25, -0.2) is 0 Å². The third-order valence-corrected chi connectivity index (χ3v) is 3.68. The molecule has 0 saturated heterocycles. The summed E-state index contributed by atoms with van der Waals surface area (Å²) in [7, 11) is 0. The molecule has 1 rings (SSSR count). The van der Waals surface area contributed by atoms with E-state index in [1.807, 2.05) is 0 Å². The van der Waals surface area contributed by atoms with Crippen molar-refractivity contribution in [3.8, 4) is 0 Å². The normalized spacial score (nSPS) is 26.1. The minimum absolute atomic E-state index is 0.463. The summed E-state index contributed by atoms with van der Waals surface area (Å²) in [5.41, 5.74) is 0. The quantitative estimate of drug-likeness (QED) is 0.541. The van der Waals surface area contributed by atoms with Crippen LogP contribution in [0.5, 0.6) is 0 Å². The first kappa shape index (κ1) is 15.0. The summed E-state index contributed by atoms with van der Waals surface area (Å²) < 4.78 is 6.12. The molecule has 1 N–H and O–H groups in total. The molecule has 1 aliphatic carbocycles. The fraction of sp³-hybridized carbons (Fsp3) is 1.00. The molecule has 2 atom stereocenters. The highest BCUT2D eigenvalue weighted by molar-refractivity contribution is 4.79. The maximum atomic E-state index is 6.12. The van der Waals surface area contributed by atoms with Crippen molar-refractivity contribution in [3.05, 3.63) is 0 Å². The van der Waals surface area contributed by atoms with Gasteiger partial charge in [0.05, 0.1) is 6.10 Å². The Morgan fingerprint density at radius 2 is 1.94 bits per heavy atom. The smallest absolute Gasteiger partial charge is 0.0728 e. The number of rotatable bonds is 7. The van der Waals surface area contributed by atoms with Gasteiger partial charge in [0.2, 0.25) is 0 Å². The standard InChI is InChI=1S/C15H31NO/c1-4-16-14-10-6-5-7-11-15(14)17-12-8-9-13(2)3/h13-16H,4-12H2,1-3H3. The first-order valence-corrected chi connectivity index (χ1v) is 7.59. The summed E-state index contributed by atoms with van der Waals surface area (Å²) in [6.45, 7) is 8.78. The topological polar surface area (TPSA) is 21.3 Å². The molecule has 1 saturated carbocycles. The Morgan fingerprint density at radius 1 is 1.18 bits per heavy atom. The van der Waals surface area contributed by atoms with E-state index in [0.717, 1.165) is 19.1 Å². The molecular formula is C15H31NO. The van der Waals surface area contributed by atoms with Crippen molar-refractivity contribution in [1.82, 2.24) is 5.32 Å². The van der Waals surface area contributed by atoms with Gasteiger partial charge >= 0.3 is 0 Å². The van der Waals surface area contributed by atoms with Gasteiger partial charge in [-0.3, -0.25) is 0 Å². The van der Waals surface area contributed by atoms with Crippen LogP contribution in [0.2, 0.25) is 0 Å². The second-order valence-corrected chi connectivity index (χ2v) is 5.75. The molecule has 0 amide bonds. The fourth-order valence-corrected chi connectivity index (χ4v) is 2.70. The number of ether oxygens (including phenoxy) is 1. The van der Waals surface area contributed by atoms with Crippen LogP contribution < -0.4 is 5.32 Å². The van der Waals surface area contributed by atoms with E-state index in [-0.39, 0.29) is 0 Å². The van der Waals surface area contributed by atoms with Crippen molar-refractivity contribution >= 4 is 0 Å². The fourth-order valence-electron chi connectivity index (χ4n) is 2.70. The van der Waals surface area contributed by atoms with E-state index >= 15 is 0 Å². The Hall–Kier alpha value is -0.0800. The third kappa shape index (κ3) is 6.42. The van der Waals surface area contributed by atoms with Crippen LogP contribution in [0.25, 0.3) is 0 Å². The summed E-state index contributed by atoms with van der Waals surface area (Å²) in [4.78, 5) is 0. The van der Waals surface area contributed by atoms with E-state index in [0.29, 0.717) is 12.1 Å². The molecule has 0 aromatic carbocycles. The minimum Gasteiger partial charge on any atom is -0.377 e. The molecule has 0 aromatic heterocycles. The molecule has 0 bridgehead atoms. The zero-order chi connectivity index (χ0) is 12.5. The Bertz CT molecular complexity index is 182. The molecule has 2 nitrogen and oxygen atoms in total. The largest absolute Gasteiger partial charge is 0.377 e. The molecule has 2 unspecified atom stereocenters. The van der Waals surface area contributed by atoms with Crippen molar-refractivity contribution in [2.24, 2.45) is 5.92 Å². The molecule has 0 radical (unpaired) electrons. The third-order valence-electron chi connectivity index (χ3n) is 3.68. The van der Waals surface area contributed by atoms with Crippen LogP contribution in [0.4, 0.5) is 0 Å². The van der Waals surface area contributed by atoms with Gasteiger partial charge in [-0.15, -0.1) is 0 Å². The van der Waals surface area contributed by atoms with Gasteiger partial charge in [-0.2, -0.15) is 0 Å². The first-order valence-electron chi connectivity index (χ1n) is 7.59. The summed E-state index contributed by atoms with van der Waals surface area (Å²) >= 11 is 0. The number of nitrogens with one attached hydrogen (secondary N) is 1. The van der Waals surface area contributed by atoms with Gasteiger partial charge in [0, 0.05) is 12.6 Å². The Morgan fingerprint density at radius 3 is 2.65 bits per heavy atom. The van der Waals surface area contributed by atoms with Gasteiger partial charge in [-0.1, -0.05) is 40.0 Å². The van der Waals surface area contributed by atoms with E-state index in [9.17, 15) is 0 Å². The predicted molar refractivity (Wildman–Crippen MR) is 74.4 cm³/mol. The first-order chi connectivity index (χ1) is 8.24. The second-order valence-electron chi connectivity index (χ2n) is 5.75. The lowest BCUT2D eigenvalue weighted by molar-refractivity contribution is 0.0195. The van der Waals surface area contributed by atoms with Crippen LogP contribution in [-0.2, 0) is 4.74 Å². The van der Waals surface area contributed by atoms with Crippen LogP contribution >= 0.6 is 0 Å². The van der Waals surface area contributed by atoms with Crippen LogP contribution in [0, 0.1) is 5.92 Å². The molecule has 0 aromatic rings. The summed E-state index contributed by atoms with van der Waals surface area (Å²) in [5, 5.41) is 3.60. The molecule has 17 heavy (non-hydrogen) atoms. The van der Waals surface area contributed by atoms with E-state index < -0.39 is 0 Å². The average Bonchev–Trinajstić information content (AvgIpc) is 2.51. The molecular weight excluding hydrogens is 210 g/mol. The Balaban J connectivity index is 2.25. The molecule has 0 spiro atoms. The molecule has 1 fully saturated rings. The number of hydrogen-bond acceptors (Lipinski definition) is 2. The van der Waals surface area contributed by atoms with Crippen molar-refractivity contribution in [2.45, 2.75) is 77.9 Å². The molecule has 2 heteroatoms. The lowest BCUT2D eigenvalue weighted by atomic mass is 10.1. The van der Waals surface area contributed by atoms with E-state index in [1.165, 1.54) is 44.9 Å². The summed E-state index contributed by atoms with van der Waals surface area (Å²) in [6.07, 6.45) is 9.60. The van der Waals surface area contributed by atoms with Crippen molar-refractivity contribution in [2.75, 3.05) is 13.2 Å². The SMILES string of the molecule is CCNC1CCCCCC1OCCCC(C)C. The number of likely N-dealkylation sites (N-methyl/N-ethyl adjacent to an activating group) is 1. The van der Waals surface area contributed by atoms with Crippen LogP contribution in [-0.4, -0.2) is 25.3 Å². The number of hydrogen-bond donors (Lipinski definition) is 1. The summed E-state index contributed by atoms with van der Waals surface area (Å²) in [6, 6.07) is 0.599. The van der Waals surface area contributed by atoms with E-state index in [4.69, 9.17) is 4.74 Å². The second kappa shape index (κ2) is 8.93. The molecule has 0 aliphatic heterocycles. The van der Waals surface area contributed by atoms with Crippen molar-refractivity contribution < 1.29 is 4.74 Å². The van der Waals surface area contributed by atoms with Crippen LogP contribution in [0.1, 0.15) is 65.7 Å². The maximum Gasteiger partial charge on any atom is 0.0728 e. The Kier molecular flexibility index (Phi) is 7.87. The predicted octanol–water partition coefficient (Wildman–Crippen LogP) is 3.75. The van der Waals surface area contributed by atoms with Crippen molar-refractivity contribution in [3.63, 3.8) is 0 Å². The van der Waals surface area contributed by atoms with Gasteiger partial charge in [0.15, 0.2) is 0 Å². The lowest BCUT2D eigenvalue weighted by Gasteiger charge is -2.26. The van der Waals surface area contributed by atoms with Gasteiger partial charge in [0.1, 0.15) is 0 Å². The maximum absolute atomic E-state index is 6.12.